The zero-order chi connectivity index (χ0) is 13.8. The van der Waals surface area contributed by atoms with E-state index >= 15 is 0 Å². The average Bonchev–Trinajstić information content (AvgIpc) is 2.38. The Labute approximate surface area is 114 Å². The maximum atomic E-state index is 11.8. The fourth-order valence-electron chi connectivity index (χ4n) is 1.57. The number of pyridine rings is 2. The molecule has 0 unspecified atom stereocenters. The predicted molar refractivity (Wildman–Crippen MR) is 73.3 cm³/mol. The average molecular weight is 278 g/mol. The van der Waals surface area contributed by atoms with Gasteiger partial charge in [0.2, 0.25) is 5.91 Å². The third-order valence-electron chi connectivity index (χ3n) is 2.52. The molecule has 0 saturated heterocycles. The first-order valence-corrected chi connectivity index (χ1v) is 6.01. The highest BCUT2D eigenvalue weighted by molar-refractivity contribution is 6.30. The summed E-state index contributed by atoms with van der Waals surface area (Å²) in [6.07, 6.45) is 3.01. The van der Waals surface area contributed by atoms with E-state index in [2.05, 4.69) is 10.3 Å². The van der Waals surface area contributed by atoms with Crippen LogP contribution in [0.3, 0.4) is 0 Å². The van der Waals surface area contributed by atoms with Crippen LogP contribution in [0.25, 0.3) is 0 Å². The minimum atomic E-state index is -0.317. The smallest absolute Gasteiger partial charge is 0.253 e. The van der Waals surface area contributed by atoms with E-state index in [-0.39, 0.29) is 18.0 Å². The van der Waals surface area contributed by atoms with Crippen LogP contribution in [0.2, 0.25) is 5.02 Å². The summed E-state index contributed by atoms with van der Waals surface area (Å²) in [4.78, 5) is 27.5. The number of nitrogens with one attached hydrogen (secondary N) is 1. The number of anilines is 1. The number of carbonyl (C=O) groups is 1. The Morgan fingerprint density at radius 1 is 1.42 bits per heavy atom. The number of aryl methyl sites for hydroxylation is 1. The molecule has 2 aromatic rings. The molecule has 5 nitrogen and oxygen atoms in total. The zero-order valence-corrected chi connectivity index (χ0v) is 11.0. The van der Waals surface area contributed by atoms with Gasteiger partial charge >= 0.3 is 0 Å². The van der Waals surface area contributed by atoms with Crippen LogP contribution in [0.5, 0.6) is 0 Å². The molecule has 19 heavy (non-hydrogen) atoms. The Balaban J connectivity index is 2.07. The number of aromatic nitrogens is 2. The van der Waals surface area contributed by atoms with Crippen LogP contribution < -0.4 is 10.9 Å². The standard InChI is InChI=1S/C13H12ClN3O2/c1-9-3-2-6-17(13(9)19)8-12(18)16-11-5-4-10(14)7-15-11/h2-7H,8H2,1H3,(H,15,16,18). The fourth-order valence-corrected chi connectivity index (χ4v) is 1.68. The van der Waals surface area contributed by atoms with Gasteiger partial charge < -0.3 is 9.88 Å². The van der Waals surface area contributed by atoms with Crippen molar-refractivity contribution in [3.05, 3.63) is 57.6 Å². The van der Waals surface area contributed by atoms with E-state index in [1.54, 1.807) is 37.4 Å². The van der Waals surface area contributed by atoms with Crippen LogP contribution >= 0.6 is 11.6 Å². The van der Waals surface area contributed by atoms with Crippen molar-refractivity contribution in [2.24, 2.45) is 0 Å². The summed E-state index contributed by atoms with van der Waals surface area (Å²) >= 11 is 5.70. The van der Waals surface area contributed by atoms with Crippen LogP contribution in [-0.4, -0.2) is 15.5 Å². The molecule has 0 aliphatic rings. The second-order valence-corrected chi connectivity index (χ2v) is 4.47. The number of nitrogens with zero attached hydrogens (tertiary/aromatic N) is 2. The van der Waals surface area contributed by atoms with Gasteiger partial charge in [0.25, 0.3) is 5.56 Å². The molecule has 98 valence electrons. The molecule has 0 fully saturated rings. The molecule has 0 radical (unpaired) electrons. The lowest BCUT2D eigenvalue weighted by Gasteiger charge is -2.07. The van der Waals surface area contributed by atoms with E-state index in [9.17, 15) is 9.59 Å². The third kappa shape index (κ3) is 3.42. The second-order valence-electron chi connectivity index (χ2n) is 4.03. The van der Waals surface area contributed by atoms with Crippen LogP contribution in [0.15, 0.2) is 41.5 Å². The lowest BCUT2D eigenvalue weighted by molar-refractivity contribution is -0.116. The zero-order valence-electron chi connectivity index (χ0n) is 10.3. The molecule has 0 saturated carbocycles. The number of hydrogen-bond donors (Lipinski definition) is 1. The summed E-state index contributed by atoms with van der Waals surface area (Å²) in [5.74, 6) is 0.0811. The largest absolute Gasteiger partial charge is 0.309 e. The predicted octanol–water partition coefficient (Wildman–Crippen LogP) is 1.84. The van der Waals surface area contributed by atoms with Gasteiger partial charge in [-0.3, -0.25) is 9.59 Å². The minimum absolute atomic E-state index is 0.0508. The molecule has 6 heteroatoms. The molecule has 0 aliphatic heterocycles. The first-order valence-electron chi connectivity index (χ1n) is 5.64. The van der Waals surface area contributed by atoms with Gasteiger partial charge in [-0.05, 0) is 25.1 Å². The van der Waals surface area contributed by atoms with Crippen molar-refractivity contribution in [1.82, 2.24) is 9.55 Å². The summed E-state index contributed by atoms with van der Waals surface area (Å²) in [5, 5.41) is 3.09. The van der Waals surface area contributed by atoms with Gasteiger partial charge in [-0.25, -0.2) is 4.98 Å². The number of halogens is 1. The number of rotatable bonds is 3. The summed E-state index contributed by atoms with van der Waals surface area (Å²) in [7, 11) is 0. The summed E-state index contributed by atoms with van der Waals surface area (Å²) in [5.41, 5.74) is 0.418. The Morgan fingerprint density at radius 3 is 2.89 bits per heavy atom. The molecule has 0 atom stereocenters. The second kappa shape index (κ2) is 5.67. The van der Waals surface area contributed by atoms with E-state index < -0.39 is 0 Å². The normalized spacial score (nSPS) is 10.2. The lowest BCUT2D eigenvalue weighted by atomic mass is 10.3. The summed E-state index contributed by atoms with van der Waals surface area (Å²) in [6.45, 7) is 1.66. The number of carbonyl (C=O) groups excluding carboxylic acids is 1. The molecule has 1 amide bonds. The fraction of sp³-hybridized carbons (Fsp3) is 0.154. The highest BCUT2D eigenvalue weighted by Gasteiger charge is 2.06. The van der Waals surface area contributed by atoms with Crippen molar-refractivity contribution in [3.8, 4) is 0 Å². The maximum absolute atomic E-state index is 11.8. The first-order chi connectivity index (χ1) is 9.06. The Morgan fingerprint density at radius 2 is 2.21 bits per heavy atom. The van der Waals surface area contributed by atoms with Crippen molar-refractivity contribution in [2.45, 2.75) is 13.5 Å². The van der Waals surface area contributed by atoms with Crippen LogP contribution in [-0.2, 0) is 11.3 Å². The van der Waals surface area contributed by atoms with Gasteiger partial charge in [0.05, 0.1) is 5.02 Å². The van der Waals surface area contributed by atoms with Crippen LogP contribution in [0.1, 0.15) is 5.56 Å². The molecular formula is C13H12ClN3O2. The molecule has 2 aromatic heterocycles. The van der Waals surface area contributed by atoms with E-state index in [0.29, 0.717) is 16.4 Å². The molecule has 1 N–H and O–H groups in total. The van der Waals surface area contributed by atoms with Crippen molar-refractivity contribution >= 4 is 23.3 Å². The first kappa shape index (κ1) is 13.3. The third-order valence-corrected chi connectivity index (χ3v) is 2.74. The van der Waals surface area contributed by atoms with Gasteiger partial charge in [0.15, 0.2) is 0 Å². The van der Waals surface area contributed by atoms with Crippen molar-refractivity contribution in [2.75, 3.05) is 5.32 Å². The van der Waals surface area contributed by atoms with Gasteiger partial charge in [-0.1, -0.05) is 17.7 Å². The van der Waals surface area contributed by atoms with Crippen LogP contribution in [0, 0.1) is 6.92 Å². The van der Waals surface area contributed by atoms with Gasteiger partial charge in [-0.15, -0.1) is 0 Å². The van der Waals surface area contributed by atoms with Crippen LogP contribution in [0.4, 0.5) is 5.82 Å². The van der Waals surface area contributed by atoms with Gasteiger partial charge in [0.1, 0.15) is 12.4 Å². The topological polar surface area (TPSA) is 64.0 Å². The molecule has 2 heterocycles. The molecule has 0 spiro atoms. The van der Waals surface area contributed by atoms with E-state index in [1.165, 1.54) is 10.8 Å². The maximum Gasteiger partial charge on any atom is 0.253 e. The minimum Gasteiger partial charge on any atom is -0.309 e. The highest BCUT2D eigenvalue weighted by Crippen LogP contribution is 2.09. The quantitative estimate of drug-likeness (QED) is 0.931. The number of hydrogen-bond acceptors (Lipinski definition) is 3. The Bertz CT molecular complexity index is 650. The van der Waals surface area contributed by atoms with E-state index in [4.69, 9.17) is 11.6 Å². The summed E-state index contributed by atoms with van der Waals surface area (Å²) in [6, 6.07) is 6.66. The molecular weight excluding hydrogens is 266 g/mol. The van der Waals surface area contributed by atoms with Gasteiger partial charge in [-0.2, -0.15) is 0 Å². The van der Waals surface area contributed by atoms with E-state index in [0.717, 1.165) is 0 Å². The van der Waals surface area contributed by atoms with Crippen molar-refractivity contribution < 1.29 is 4.79 Å². The molecule has 0 aliphatic carbocycles. The number of amides is 1. The molecule has 2 rings (SSSR count). The molecule has 0 aromatic carbocycles. The Hall–Kier alpha value is -2.14. The van der Waals surface area contributed by atoms with E-state index in [1.807, 2.05) is 0 Å². The summed E-state index contributed by atoms with van der Waals surface area (Å²) < 4.78 is 1.35. The Kier molecular flexibility index (Phi) is 3.97. The SMILES string of the molecule is Cc1cccn(CC(=O)Nc2ccc(Cl)cn2)c1=O. The molecule has 0 bridgehead atoms. The van der Waals surface area contributed by atoms with Crippen molar-refractivity contribution in [1.29, 1.82) is 0 Å². The highest BCUT2D eigenvalue weighted by atomic mass is 35.5. The lowest BCUT2D eigenvalue weighted by Crippen LogP contribution is -2.28. The van der Waals surface area contributed by atoms with Gasteiger partial charge in [0, 0.05) is 18.0 Å². The monoisotopic (exact) mass is 277 g/mol. The van der Waals surface area contributed by atoms with Crippen molar-refractivity contribution in [3.63, 3.8) is 0 Å².